The van der Waals surface area contributed by atoms with E-state index in [1.807, 2.05) is 36.4 Å². The summed E-state index contributed by atoms with van der Waals surface area (Å²) in [5.74, 6) is 0.576. The van der Waals surface area contributed by atoms with Crippen LogP contribution in [0.3, 0.4) is 0 Å². The monoisotopic (exact) mass is 375 g/mol. The minimum Gasteiger partial charge on any atom is -0.488 e. The number of hydrogen-bond acceptors (Lipinski definition) is 4. The Hall–Kier alpha value is -1.85. The van der Waals surface area contributed by atoms with Gasteiger partial charge in [0.2, 0.25) is 0 Å². The van der Waals surface area contributed by atoms with Gasteiger partial charge in [0, 0.05) is 23.0 Å². The molecule has 2 aromatic carbocycles. The van der Waals surface area contributed by atoms with Gasteiger partial charge >= 0.3 is 5.97 Å². The van der Waals surface area contributed by atoms with Gasteiger partial charge in [-0.25, -0.2) is 0 Å². The number of esters is 1. The van der Waals surface area contributed by atoms with Crippen LogP contribution in [0.15, 0.2) is 53.0 Å². The number of halogens is 1. The summed E-state index contributed by atoms with van der Waals surface area (Å²) in [7, 11) is 1.40. The van der Waals surface area contributed by atoms with Crippen molar-refractivity contribution >= 4 is 21.9 Å². The molecule has 23 heavy (non-hydrogen) atoms. The largest absolute Gasteiger partial charge is 0.488 e. The van der Waals surface area contributed by atoms with E-state index in [9.17, 15) is 4.79 Å². The van der Waals surface area contributed by atoms with Crippen molar-refractivity contribution in [1.29, 1.82) is 0 Å². The molecule has 2 aromatic rings. The van der Waals surface area contributed by atoms with Crippen molar-refractivity contribution in [2.45, 2.75) is 18.6 Å². The fourth-order valence-corrected chi connectivity index (χ4v) is 3.10. The van der Waals surface area contributed by atoms with E-state index in [4.69, 9.17) is 9.47 Å². The van der Waals surface area contributed by atoms with Gasteiger partial charge in [-0.2, -0.15) is 0 Å². The van der Waals surface area contributed by atoms with Crippen LogP contribution >= 0.6 is 15.9 Å². The maximum Gasteiger partial charge on any atom is 0.323 e. The summed E-state index contributed by atoms with van der Waals surface area (Å²) in [6, 6.07) is 15.8. The number of benzene rings is 2. The third-order valence-electron chi connectivity index (χ3n) is 3.90. The smallest absolute Gasteiger partial charge is 0.323 e. The lowest BCUT2D eigenvalue weighted by Crippen LogP contribution is -2.31. The summed E-state index contributed by atoms with van der Waals surface area (Å²) in [6.45, 7) is 0.629. The van der Waals surface area contributed by atoms with E-state index in [-0.39, 0.29) is 18.1 Å². The molecular weight excluding hydrogens is 358 g/mol. The van der Waals surface area contributed by atoms with Crippen molar-refractivity contribution in [3.63, 3.8) is 0 Å². The molecule has 2 atom stereocenters. The molecule has 0 aliphatic carbocycles. The highest BCUT2D eigenvalue weighted by Gasteiger charge is 2.31. The van der Waals surface area contributed by atoms with E-state index < -0.39 is 0 Å². The van der Waals surface area contributed by atoms with E-state index in [1.165, 1.54) is 7.11 Å². The number of ether oxygens (including phenoxy) is 2. The fourth-order valence-electron chi connectivity index (χ4n) is 2.74. The maximum atomic E-state index is 11.6. The molecule has 1 aliphatic heterocycles. The van der Waals surface area contributed by atoms with Crippen LogP contribution in [0.2, 0.25) is 0 Å². The summed E-state index contributed by atoms with van der Waals surface area (Å²) in [4.78, 5) is 11.6. The van der Waals surface area contributed by atoms with Crippen molar-refractivity contribution < 1.29 is 14.3 Å². The van der Waals surface area contributed by atoms with Crippen LogP contribution in [0.5, 0.6) is 5.75 Å². The first kappa shape index (κ1) is 16.0. The van der Waals surface area contributed by atoms with Gasteiger partial charge in [0.05, 0.1) is 7.11 Å². The first-order chi connectivity index (χ1) is 11.2. The molecule has 1 heterocycles. The van der Waals surface area contributed by atoms with Crippen LogP contribution in [0.25, 0.3) is 11.1 Å². The van der Waals surface area contributed by atoms with Crippen molar-refractivity contribution in [2.75, 3.05) is 13.7 Å². The van der Waals surface area contributed by atoms with Crippen molar-refractivity contribution in [2.24, 2.45) is 0 Å². The third-order valence-corrected chi connectivity index (χ3v) is 4.39. The van der Waals surface area contributed by atoms with Gasteiger partial charge in [-0.1, -0.05) is 46.3 Å². The predicted octanol–water partition coefficient (Wildman–Crippen LogP) is 3.40. The second kappa shape index (κ2) is 7.15. The Morgan fingerprint density at radius 1 is 1.22 bits per heavy atom. The second-order valence-corrected chi connectivity index (χ2v) is 6.38. The molecule has 1 fully saturated rings. The minimum atomic E-state index is -0.291. The Balaban J connectivity index is 1.80. The molecule has 0 amide bonds. The molecule has 1 saturated heterocycles. The average Bonchev–Trinajstić information content (AvgIpc) is 3.05. The van der Waals surface area contributed by atoms with Crippen LogP contribution in [0, 0.1) is 0 Å². The van der Waals surface area contributed by atoms with Gasteiger partial charge in [-0.15, -0.1) is 0 Å². The molecule has 1 N–H and O–H groups in total. The van der Waals surface area contributed by atoms with Gasteiger partial charge in [0.25, 0.3) is 0 Å². The van der Waals surface area contributed by atoms with Crippen LogP contribution in [-0.4, -0.2) is 31.8 Å². The molecule has 0 radical (unpaired) electrons. The zero-order chi connectivity index (χ0) is 16.2. The molecular formula is C18H18BrNO3. The SMILES string of the molecule is COC(=O)C1CC(Oc2ccc(Br)cc2-c2ccccc2)CN1. The number of carbonyl (C=O) groups excluding carboxylic acids is 1. The van der Waals surface area contributed by atoms with E-state index in [0.717, 1.165) is 21.3 Å². The lowest BCUT2D eigenvalue weighted by Gasteiger charge is -2.17. The zero-order valence-electron chi connectivity index (χ0n) is 12.8. The summed E-state index contributed by atoms with van der Waals surface area (Å²) >= 11 is 3.52. The van der Waals surface area contributed by atoms with E-state index in [1.54, 1.807) is 0 Å². The van der Waals surface area contributed by atoms with E-state index >= 15 is 0 Å². The standard InChI is InChI=1S/C18H18BrNO3/c1-22-18(21)16-10-14(11-20-16)23-17-8-7-13(19)9-15(17)12-5-3-2-4-6-12/h2-9,14,16,20H,10-11H2,1H3. The Morgan fingerprint density at radius 3 is 2.74 bits per heavy atom. The molecule has 1 aliphatic rings. The highest BCUT2D eigenvalue weighted by molar-refractivity contribution is 9.10. The molecule has 0 bridgehead atoms. The number of nitrogens with one attached hydrogen (secondary N) is 1. The summed E-state index contributed by atoms with van der Waals surface area (Å²) in [5, 5.41) is 3.14. The lowest BCUT2D eigenvalue weighted by atomic mass is 10.0. The Bertz CT molecular complexity index is 690. The second-order valence-electron chi connectivity index (χ2n) is 5.47. The lowest BCUT2D eigenvalue weighted by molar-refractivity contribution is -0.142. The first-order valence-electron chi connectivity index (χ1n) is 7.50. The number of hydrogen-bond donors (Lipinski definition) is 1. The third kappa shape index (κ3) is 3.74. The highest BCUT2D eigenvalue weighted by Crippen LogP contribution is 2.34. The van der Waals surface area contributed by atoms with E-state index in [2.05, 4.69) is 33.4 Å². The number of rotatable bonds is 4. The maximum absolute atomic E-state index is 11.6. The van der Waals surface area contributed by atoms with Crippen molar-refractivity contribution in [3.8, 4) is 16.9 Å². The van der Waals surface area contributed by atoms with Gasteiger partial charge in [-0.3, -0.25) is 4.79 Å². The van der Waals surface area contributed by atoms with Gasteiger partial charge in [-0.05, 0) is 23.8 Å². The topological polar surface area (TPSA) is 47.6 Å². The van der Waals surface area contributed by atoms with Crippen LogP contribution in [0.4, 0.5) is 0 Å². The van der Waals surface area contributed by atoms with Gasteiger partial charge in [0.15, 0.2) is 0 Å². The van der Waals surface area contributed by atoms with Crippen LogP contribution < -0.4 is 10.1 Å². The fraction of sp³-hybridized carbons (Fsp3) is 0.278. The number of methoxy groups -OCH3 is 1. The van der Waals surface area contributed by atoms with Gasteiger partial charge in [0.1, 0.15) is 17.9 Å². The molecule has 3 rings (SSSR count). The molecule has 4 nitrogen and oxygen atoms in total. The summed E-state index contributed by atoms with van der Waals surface area (Å²) in [5.41, 5.74) is 2.13. The average molecular weight is 376 g/mol. The normalized spacial score (nSPS) is 20.3. The van der Waals surface area contributed by atoms with Crippen molar-refractivity contribution in [1.82, 2.24) is 5.32 Å². The van der Waals surface area contributed by atoms with Crippen molar-refractivity contribution in [3.05, 3.63) is 53.0 Å². The first-order valence-corrected chi connectivity index (χ1v) is 8.29. The Kier molecular flexibility index (Phi) is 4.98. The summed E-state index contributed by atoms with van der Waals surface area (Å²) in [6.07, 6.45) is 0.555. The summed E-state index contributed by atoms with van der Waals surface area (Å²) < 4.78 is 11.9. The number of carbonyl (C=O) groups is 1. The molecule has 120 valence electrons. The van der Waals surface area contributed by atoms with Gasteiger partial charge < -0.3 is 14.8 Å². The molecule has 0 saturated carbocycles. The van der Waals surface area contributed by atoms with E-state index in [0.29, 0.717) is 13.0 Å². The highest BCUT2D eigenvalue weighted by atomic mass is 79.9. The Morgan fingerprint density at radius 2 is 2.00 bits per heavy atom. The molecule has 2 unspecified atom stereocenters. The molecule has 0 aromatic heterocycles. The molecule has 5 heteroatoms. The zero-order valence-corrected chi connectivity index (χ0v) is 14.4. The van der Waals surface area contributed by atoms with Crippen LogP contribution in [0.1, 0.15) is 6.42 Å². The predicted molar refractivity (Wildman–Crippen MR) is 92.4 cm³/mol. The minimum absolute atomic E-state index is 0.0530. The Labute approximate surface area is 143 Å². The molecule has 0 spiro atoms. The van der Waals surface area contributed by atoms with Crippen LogP contribution in [-0.2, 0) is 9.53 Å². The quantitative estimate of drug-likeness (QED) is 0.831.